The average Bonchev–Trinajstić information content (AvgIpc) is 3.11. The standard InChI is InChI=1S/C15H17FN4O4S/c16-11-5-7-12(8-6-11)25(23,24)18-10-2-4-14(21)19-20-15(22)13-3-1-9-17-13/h1,3,5-9,17-18H,2,4,10H2,(H,19,21)(H,20,22). The number of halogens is 1. The molecule has 1 aromatic heterocycles. The molecule has 0 saturated heterocycles. The first-order chi connectivity index (χ1) is 11.9. The zero-order valence-corrected chi connectivity index (χ0v) is 13.9. The Balaban J connectivity index is 1.69. The average molecular weight is 368 g/mol. The summed E-state index contributed by atoms with van der Waals surface area (Å²) < 4.78 is 39.0. The van der Waals surface area contributed by atoms with E-state index in [9.17, 15) is 22.4 Å². The highest BCUT2D eigenvalue weighted by atomic mass is 32.2. The molecule has 0 unspecified atom stereocenters. The Morgan fingerprint density at radius 2 is 1.80 bits per heavy atom. The van der Waals surface area contributed by atoms with Gasteiger partial charge < -0.3 is 4.98 Å². The van der Waals surface area contributed by atoms with Gasteiger partial charge in [0.1, 0.15) is 11.5 Å². The highest BCUT2D eigenvalue weighted by Gasteiger charge is 2.13. The van der Waals surface area contributed by atoms with E-state index < -0.39 is 27.7 Å². The zero-order chi connectivity index (χ0) is 18.3. The van der Waals surface area contributed by atoms with Crippen molar-refractivity contribution in [2.24, 2.45) is 0 Å². The molecule has 4 N–H and O–H groups in total. The van der Waals surface area contributed by atoms with Crippen LogP contribution in [0.3, 0.4) is 0 Å². The van der Waals surface area contributed by atoms with Crippen molar-refractivity contribution in [3.05, 3.63) is 54.1 Å². The number of hydrogen-bond acceptors (Lipinski definition) is 4. The molecule has 2 aromatic rings. The van der Waals surface area contributed by atoms with Crippen LogP contribution in [0.25, 0.3) is 0 Å². The Morgan fingerprint density at radius 3 is 2.44 bits per heavy atom. The minimum absolute atomic E-state index is 0.0109. The second-order valence-electron chi connectivity index (χ2n) is 5.04. The first-order valence-corrected chi connectivity index (χ1v) is 8.84. The summed E-state index contributed by atoms with van der Waals surface area (Å²) in [6.45, 7) is 0.0255. The van der Waals surface area contributed by atoms with Crippen molar-refractivity contribution < 1.29 is 22.4 Å². The SMILES string of the molecule is O=C(CCCNS(=O)(=O)c1ccc(F)cc1)NNC(=O)c1ccc[nH]1. The van der Waals surface area contributed by atoms with Gasteiger partial charge in [-0.1, -0.05) is 0 Å². The molecule has 2 rings (SSSR count). The lowest BCUT2D eigenvalue weighted by Crippen LogP contribution is -2.41. The number of carbonyl (C=O) groups excluding carboxylic acids is 2. The third-order valence-electron chi connectivity index (χ3n) is 3.15. The van der Waals surface area contributed by atoms with Gasteiger partial charge in [-0.25, -0.2) is 17.5 Å². The van der Waals surface area contributed by atoms with Gasteiger partial charge in [-0.05, 0) is 42.8 Å². The van der Waals surface area contributed by atoms with E-state index in [1.165, 1.54) is 0 Å². The number of benzene rings is 1. The fraction of sp³-hybridized carbons (Fsp3) is 0.200. The van der Waals surface area contributed by atoms with Gasteiger partial charge in [0, 0.05) is 19.2 Å². The van der Waals surface area contributed by atoms with Crippen LogP contribution in [0.2, 0.25) is 0 Å². The van der Waals surface area contributed by atoms with Gasteiger partial charge in [-0.3, -0.25) is 20.4 Å². The van der Waals surface area contributed by atoms with Gasteiger partial charge in [0.2, 0.25) is 15.9 Å². The highest BCUT2D eigenvalue weighted by Crippen LogP contribution is 2.09. The first-order valence-electron chi connectivity index (χ1n) is 7.36. The number of aromatic nitrogens is 1. The summed E-state index contributed by atoms with van der Waals surface area (Å²) >= 11 is 0. The van der Waals surface area contributed by atoms with E-state index in [1.54, 1.807) is 18.3 Å². The summed E-state index contributed by atoms with van der Waals surface area (Å²) in [7, 11) is -3.75. The maximum Gasteiger partial charge on any atom is 0.286 e. The van der Waals surface area contributed by atoms with Crippen LogP contribution in [0.15, 0.2) is 47.5 Å². The van der Waals surface area contributed by atoms with Crippen LogP contribution in [0.1, 0.15) is 23.3 Å². The van der Waals surface area contributed by atoms with Crippen molar-refractivity contribution >= 4 is 21.8 Å². The zero-order valence-electron chi connectivity index (χ0n) is 13.1. The molecule has 25 heavy (non-hydrogen) atoms. The molecule has 10 heteroatoms. The number of hydrazine groups is 1. The molecule has 0 spiro atoms. The van der Waals surface area contributed by atoms with E-state index in [2.05, 4.69) is 20.6 Å². The lowest BCUT2D eigenvalue weighted by Gasteiger charge is -2.08. The molecule has 1 aromatic carbocycles. The molecule has 0 fully saturated rings. The Labute approximate surface area is 143 Å². The lowest BCUT2D eigenvalue weighted by molar-refractivity contribution is -0.121. The van der Waals surface area contributed by atoms with Crippen LogP contribution in [-0.4, -0.2) is 31.8 Å². The van der Waals surface area contributed by atoms with Crippen LogP contribution in [-0.2, 0) is 14.8 Å². The van der Waals surface area contributed by atoms with Crippen molar-refractivity contribution in [2.45, 2.75) is 17.7 Å². The van der Waals surface area contributed by atoms with E-state index in [0.717, 1.165) is 24.3 Å². The van der Waals surface area contributed by atoms with Gasteiger partial charge in [-0.15, -0.1) is 0 Å². The van der Waals surface area contributed by atoms with E-state index in [0.29, 0.717) is 5.69 Å². The number of rotatable bonds is 7. The summed E-state index contributed by atoms with van der Waals surface area (Å²) in [5.41, 5.74) is 4.76. The first kappa shape index (κ1) is 18.6. The quantitative estimate of drug-likeness (QED) is 0.424. The molecular formula is C15H17FN4O4S. The smallest absolute Gasteiger partial charge is 0.286 e. The number of H-pyrrole nitrogens is 1. The molecule has 0 saturated carbocycles. The van der Waals surface area contributed by atoms with Crippen molar-refractivity contribution in [3.8, 4) is 0 Å². The molecule has 0 aliphatic carbocycles. The Morgan fingerprint density at radius 1 is 1.08 bits per heavy atom. The predicted octanol–water partition coefficient (Wildman–Crippen LogP) is 0.673. The number of carbonyl (C=O) groups is 2. The number of aromatic amines is 1. The van der Waals surface area contributed by atoms with Gasteiger partial charge in [0.05, 0.1) is 4.90 Å². The summed E-state index contributed by atoms with van der Waals surface area (Å²) in [4.78, 5) is 25.8. The minimum atomic E-state index is -3.75. The summed E-state index contributed by atoms with van der Waals surface area (Å²) in [5.74, 6) is -1.48. The molecule has 0 bridgehead atoms. The van der Waals surface area contributed by atoms with Crippen LogP contribution >= 0.6 is 0 Å². The number of nitrogens with one attached hydrogen (secondary N) is 4. The van der Waals surface area contributed by atoms with E-state index in [-0.39, 0.29) is 24.3 Å². The fourth-order valence-corrected chi connectivity index (χ4v) is 2.95. The van der Waals surface area contributed by atoms with Gasteiger partial charge in [-0.2, -0.15) is 0 Å². The van der Waals surface area contributed by atoms with Crippen LogP contribution < -0.4 is 15.6 Å². The number of amides is 2. The Kier molecular flexibility index (Phi) is 6.25. The molecule has 0 radical (unpaired) electrons. The molecule has 1 heterocycles. The van der Waals surface area contributed by atoms with E-state index in [1.807, 2.05) is 0 Å². The van der Waals surface area contributed by atoms with E-state index in [4.69, 9.17) is 0 Å². The van der Waals surface area contributed by atoms with Crippen LogP contribution in [0.4, 0.5) is 4.39 Å². The maximum absolute atomic E-state index is 12.8. The molecule has 0 atom stereocenters. The predicted molar refractivity (Wildman–Crippen MR) is 87.2 cm³/mol. The Hall–Kier alpha value is -2.72. The van der Waals surface area contributed by atoms with Crippen molar-refractivity contribution in [3.63, 3.8) is 0 Å². The van der Waals surface area contributed by atoms with E-state index >= 15 is 0 Å². The Bertz CT molecular complexity index is 820. The summed E-state index contributed by atoms with van der Waals surface area (Å²) in [6.07, 6.45) is 1.81. The molecule has 0 aliphatic rings. The molecule has 2 amide bonds. The fourth-order valence-electron chi connectivity index (χ4n) is 1.88. The maximum atomic E-state index is 12.8. The lowest BCUT2D eigenvalue weighted by atomic mass is 10.3. The molecular weight excluding hydrogens is 351 g/mol. The van der Waals surface area contributed by atoms with Gasteiger partial charge in [0.25, 0.3) is 5.91 Å². The van der Waals surface area contributed by atoms with Gasteiger partial charge in [0.15, 0.2) is 0 Å². The number of hydrogen-bond donors (Lipinski definition) is 4. The second-order valence-corrected chi connectivity index (χ2v) is 6.81. The largest absolute Gasteiger partial charge is 0.357 e. The van der Waals surface area contributed by atoms with Crippen LogP contribution in [0, 0.1) is 5.82 Å². The third kappa shape index (κ3) is 5.69. The van der Waals surface area contributed by atoms with Crippen LogP contribution in [0.5, 0.6) is 0 Å². The monoisotopic (exact) mass is 368 g/mol. The van der Waals surface area contributed by atoms with Crippen molar-refractivity contribution in [1.29, 1.82) is 0 Å². The summed E-state index contributed by atoms with van der Waals surface area (Å²) in [6, 6.07) is 7.60. The van der Waals surface area contributed by atoms with Gasteiger partial charge >= 0.3 is 0 Å². The topological polar surface area (TPSA) is 120 Å². The second kappa shape index (κ2) is 8.40. The third-order valence-corrected chi connectivity index (χ3v) is 4.63. The highest BCUT2D eigenvalue weighted by molar-refractivity contribution is 7.89. The minimum Gasteiger partial charge on any atom is -0.357 e. The summed E-state index contributed by atoms with van der Waals surface area (Å²) in [5, 5.41) is 0. The molecule has 0 aliphatic heterocycles. The molecule has 8 nitrogen and oxygen atoms in total. The van der Waals surface area contributed by atoms with Crippen molar-refractivity contribution in [1.82, 2.24) is 20.6 Å². The number of sulfonamides is 1. The molecule has 134 valence electrons. The van der Waals surface area contributed by atoms with Crippen molar-refractivity contribution in [2.75, 3.05) is 6.54 Å². The normalized spacial score (nSPS) is 11.1.